The molecule has 2 aliphatic carbocycles. The number of rotatable bonds is 4. The zero-order valence-corrected chi connectivity index (χ0v) is 19.8. The molecule has 1 aromatic carbocycles. The normalized spacial score (nSPS) is 27.1. The second-order valence-electron chi connectivity index (χ2n) is 10.2. The van der Waals surface area contributed by atoms with Crippen LogP contribution in [0.1, 0.15) is 50.4 Å². The molecule has 34 heavy (non-hydrogen) atoms. The van der Waals surface area contributed by atoms with E-state index in [4.69, 9.17) is 9.72 Å². The zero-order chi connectivity index (χ0) is 23.1. The van der Waals surface area contributed by atoms with Crippen LogP contribution in [0, 0.1) is 18.8 Å². The maximum Gasteiger partial charge on any atom is 0.317 e. The van der Waals surface area contributed by atoms with Crippen molar-refractivity contribution in [2.75, 3.05) is 13.1 Å². The quantitative estimate of drug-likeness (QED) is 0.613. The summed E-state index contributed by atoms with van der Waals surface area (Å²) in [6, 6.07) is 14.7. The van der Waals surface area contributed by atoms with Crippen LogP contribution in [0.3, 0.4) is 0 Å². The van der Waals surface area contributed by atoms with Gasteiger partial charge in [-0.2, -0.15) is 0 Å². The number of fused-ring (bicyclic) bond motifs is 2. The van der Waals surface area contributed by atoms with Crippen molar-refractivity contribution in [3.63, 3.8) is 0 Å². The van der Waals surface area contributed by atoms with Crippen molar-refractivity contribution in [1.29, 1.82) is 0 Å². The summed E-state index contributed by atoms with van der Waals surface area (Å²) in [6.45, 7) is 3.71. The number of para-hydroxylation sites is 2. The monoisotopic (exact) mass is 459 g/mol. The van der Waals surface area contributed by atoms with Gasteiger partial charge in [0, 0.05) is 31.4 Å². The Hall–Kier alpha value is -3.09. The molecule has 2 amide bonds. The first-order chi connectivity index (χ1) is 16.7. The number of carbonyl (C=O) groups is 1. The van der Waals surface area contributed by atoms with Crippen LogP contribution in [0.2, 0.25) is 0 Å². The lowest BCUT2D eigenvalue weighted by atomic mass is 9.77. The summed E-state index contributed by atoms with van der Waals surface area (Å²) in [5.41, 5.74) is 2.16. The maximum absolute atomic E-state index is 13.0. The molecule has 0 unspecified atom stereocenters. The average Bonchev–Trinajstić information content (AvgIpc) is 3.57. The summed E-state index contributed by atoms with van der Waals surface area (Å²) >= 11 is 0. The standard InChI is InChI=1S/C27H33N5O2/c1-18-29-22-10-4-5-11-23(22)32(18)24-14-19-16-31(27(33)30-21-8-2-3-9-21)17-20(19)15-25(24)34-26-12-6-7-13-28-26/h4-7,10-13,19-21,24-25H,2-3,8-9,14-17H2,1H3,(H,30,33)/t19-,20+,24-,25-/m0/s1. The second kappa shape index (κ2) is 8.93. The van der Waals surface area contributed by atoms with Crippen LogP contribution in [0.5, 0.6) is 5.88 Å². The van der Waals surface area contributed by atoms with E-state index in [9.17, 15) is 4.79 Å². The van der Waals surface area contributed by atoms with Gasteiger partial charge in [0.05, 0.1) is 17.1 Å². The number of carbonyl (C=O) groups excluding carboxylic acids is 1. The van der Waals surface area contributed by atoms with Crippen LogP contribution >= 0.6 is 0 Å². The highest BCUT2D eigenvalue weighted by Crippen LogP contribution is 2.44. The van der Waals surface area contributed by atoms with E-state index in [0.29, 0.717) is 23.8 Å². The highest BCUT2D eigenvalue weighted by molar-refractivity contribution is 5.76. The smallest absolute Gasteiger partial charge is 0.317 e. The number of hydrogen-bond donors (Lipinski definition) is 1. The molecular weight excluding hydrogens is 426 g/mol. The van der Waals surface area contributed by atoms with Crippen LogP contribution in [-0.4, -0.2) is 50.7 Å². The molecule has 7 nitrogen and oxygen atoms in total. The fourth-order valence-corrected chi connectivity index (χ4v) is 6.45. The minimum atomic E-state index is -0.0229. The molecule has 3 aliphatic rings. The van der Waals surface area contributed by atoms with Gasteiger partial charge in [-0.25, -0.2) is 14.8 Å². The molecule has 3 fully saturated rings. The van der Waals surface area contributed by atoms with E-state index < -0.39 is 0 Å². The van der Waals surface area contributed by atoms with Crippen LogP contribution in [0.15, 0.2) is 48.7 Å². The van der Waals surface area contributed by atoms with Crippen molar-refractivity contribution < 1.29 is 9.53 Å². The Bertz CT molecular complexity index is 1160. The molecule has 2 aromatic heterocycles. The topological polar surface area (TPSA) is 72.3 Å². The molecule has 7 heteroatoms. The van der Waals surface area contributed by atoms with Gasteiger partial charge in [-0.15, -0.1) is 0 Å². The molecular formula is C27H33N5O2. The number of pyridine rings is 1. The number of aryl methyl sites for hydroxylation is 1. The van der Waals surface area contributed by atoms with Gasteiger partial charge >= 0.3 is 6.03 Å². The van der Waals surface area contributed by atoms with Crippen molar-refractivity contribution in [3.05, 3.63) is 54.5 Å². The summed E-state index contributed by atoms with van der Waals surface area (Å²) in [4.78, 5) is 24.3. The number of amides is 2. The molecule has 1 aliphatic heterocycles. The number of hydrogen-bond acceptors (Lipinski definition) is 4. The number of imidazole rings is 1. The highest BCUT2D eigenvalue weighted by Gasteiger charge is 2.46. The van der Waals surface area contributed by atoms with E-state index in [0.717, 1.165) is 55.6 Å². The molecule has 0 radical (unpaired) electrons. The lowest BCUT2D eigenvalue weighted by molar-refractivity contribution is 0.0522. The van der Waals surface area contributed by atoms with Crippen molar-refractivity contribution in [2.24, 2.45) is 11.8 Å². The van der Waals surface area contributed by atoms with Gasteiger partial charge in [-0.05, 0) is 62.6 Å². The molecule has 1 N–H and O–H groups in total. The molecule has 178 valence electrons. The third kappa shape index (κ3) is 4.01. The number of aromatic nitrogens is 3. The Kier molecular flexibility index (Phi) is 5.63. The minimum Gasteiger partial charge on any atom is -0.472 e. The first kappa shape index (κ1) is 21.4. The predicted octanol–water partition coefficient (Wildman–Crippen LogP) is 4.72. The summed E-state index contributed by atoms with van der Waals surface area (Å²) in [5, 5.41) is 3.28. The molecule has 2 saturated carbocycles. The number of benzene rings is 1. The van der Waals surface area contributed by atoms with Gasteiger partial charge in [0.25, 0.3) is 0 Å². The van der Waals surface area contributed by atoms with Crippen LogP contribution in [0.4, 0.5) is 4.79 Å². The largest absolute Gasteiger partial charge is 0.472 e. The average molecular weight is 460 g/mol. The van der Waals surface area contributed by atoms with Gasteiger partial charge in [-0.1, -0.05) is 31.0 Å². The Labute approximate surface area is 200 Å². The summed E-state index contributed by atoms with van der Waals surface area (Å²) in [7, 11) is 0. The molecule has 1 saturated heterocycles. The first-order valence-electron chi connectivity index (χ1n) is 12.7. The fourth-order valence-electron chi connectivity index (χ4n) is 6.45. The third-order valence-electron chi connectivity index (χ3n) is 8.07. The van der Waals surface area contributed by atoms with Gasteiger partial charge < -0.3 is 19.5 Å². The van der Waals surface area contributed by atoms with Gasteiger partial charge in [-0.3, -0.25) is 0 Å². The van der Waals surface area contributed by atoms with Gasteiger partial charge in [0.1, 0.15) is 11.9 Å². The SMILES string of the molecule is Cc1nc2ccccc2n1[C@H]1C[C@H]2CN(C(=O)NC3CCCC3)C[C@H]2C[C@@H]1Oc1ccccn1. The van der Waals surface area contributed by atoms with Crippen LogP contribution < -0.4 is 10.1 Å². The minimum absolute atomic E-state index is 0.0229. The van der Waals surface area contributed by atoms with Gasteiger partial charge in [0.15, 0.2) is 0 Å². The molecule has 4 atom stereocenters. The van der Waals surface area contributed by atoms with E-state index in [2.05, 4.69) is 40.0 Å². The van der Waals surface area contributed by atoms with Crippen LogP contribution in [-0.2, 0) is 0 Å². The van der Waals surface area contributed by atoms with Crippen molar-refractivity contribution in [1.82, 2.24) is 24.8 Å². The number of urea groups is 1. The lowest BCUT2D eigenvalue weighted by Gasteiger charge is -2.39. The van der Waals surface area contributed by atoms with Crippen LogP contribution in [0.25, 0.3) is 11.0 Å². The zero-order valence-electron chi connectivity index (χ0n) is 19.8. The number of likely N-dealkylation sites (tertiary alicyclic amines) is 1. The van der Waals surface area contributed by atoms with E-state index in [1.54, 1.807) is 6.20 Å². The first-order valence-corrected chi connectivity index (χ1v) is 12.7. The molecule has 3 aromatic rings. The maximum atomic E-state index is 13.0. The Morgan fingerprint density at radius 1 is 1.03 bits per heavy atom. The Morgan fingerprint density at radius 3 is 2.59 bits per heavy atom. The van der Waals surface area contributed by atoms with Crippen molar-refractivity contribution in [2.45, 2.75) is 63.6 Å². The number of nitrogens with zero attached hydrogens (tertiary/aromatic N) is 4. The highest BCUT2D eigenvalue weighted by atomic mass is 16.5. The van der Waals surface area contributed by atoms with E-state index >= 15 is 0 Å². The Morgan fingerprint density at radius 2 is 1.79 bits per heavy atom. The van der Waals surface area contributed by atoms with Gasteiger partial charge in [0.2, 0.25) is 5.88 Å². The lowest BCUT2D eigenvalue weighted by Crippen LogP contribution is -2.43. The van der Waals surface area contributed by atoms with E-state index in [1.165, 1.54) is 12.8 Å². The summed E-state index contributed by atoms with van der Waals surface area (Å²) in [5.74, 6) is 2.57. The molecule has 6 rings (SSSR count). The summed E-state index contributed by atoms with van der Waals surface area (Å²) < 4.78 is 8.89. The summed E-state index contributed by atoms with van der Waals surface area (Å²) in [6.07, 6.45) is 8.30. The second-order valence-corrected chi connectivity index (χ2v) is 10.2. The predicted molar refractivity (Wildman–Crippen MR) is 131 cm³/mol. The fraction of sp³-hybridized carbons (Fsp3) is 0.519. The third-order valence-corrected chi connectivity index (χ3v) is 8.07. The Balaban J connectivity index is 1.27. The van der Waals surface area contributed by atoms with E-state index in [1.807, 2.05) is 29.2 Å². The number of nitrogens with one attached hydrogen (secondary N) is 1. The van der Waals surface area contributed by atoms with E-state index in [-0.39, 0.29) is 18.2 Å². The molecule has 0 spiro atoms. The molecule has 0 bridgehead atoms. The van der Waals surface area contributed by atoms with Crippen molar-refractivity contribution >= 4 is 17.1 Å². The molecule has 3 heterocycles. The van der Waals surface area contributed by atoms with Crippen molar-refractivity contribution in [3.8, 4) is 5.88 Å². The number of ether oxygens (including phenoxy) is 1.